The normalized spacial score (nSPS) is 28.4. The molecule has 1 N–H and O–H groups in total. The number of nitrogens with one attached hydrogen (secondary N) is 1. The van der Waals surface area contributed by atoms with Crippen LogP contribution < -0.4 is 5.32 Å². The summed E-state index contributed by atoms with van der Waals surface area (Å²) < 4.78 is 7.92. The number of nitrogens with zero attached hydrogens (tertiary/aromatic N) is 3. The minimum Gasteiger partial charge on any atom is -0.375 e. The van der Waals surface area contributed by atoms with Crippen molar-refractivity contribution in [3.05, 3.63) is 17.3 Å². The Kier molecular flexibility index (Phi) is 3.71. The van der Waals surface area contributed by atoms with Gasteiger partial charge in [-0.3, -0.25) is 14.7 Å². The Balaban J connectivity index is 1.39. The van der Waals surface area contributed by atoms with E-state index in [1.54, 1.807) is 6.07 Å². The van der Waals surface area contributed by atoms with Gasteiger partial charge in [0, 0.05) is 12.5 Å². The maximum absolute atomic E-state index is 12.6. The minimum absolute atomic E-state index is 0.0168. The SMILES string of the molecule is O=C(C[C@@H]1C[C@@H]2CC[C@H]1O2)Nc1nc2ccc(Cl)nc2n1C1CCC1. The highest BCUT2D eigenvalue weighted by Crippen LogP contribution is 2.41. The zero-order valence-electron chi connectivity index (χ0n) is 13.9. The van der Waals surface area contributed by atoms with E-state index in [-0.39, 0.29) is 12.0 Å². The summed E-state index contributed by atoms with van der Waals surface area (Å²) in [7, 11) is 0. The molecule has 2 saturated heterocycles. The molecule has 1 saturated carbocycles. The number of fused-ring (bicyclic) bond motifs is 3. The molecule has 5 rings (SSSR count). The number of hydrogen-bond donors (Lipinski definition) is 1. The maximum atomic E-state index is 12.6. The number of aromatic nitrogens is 3. The van der Waals surface area contributed by atoms with E-state index in [9.17, 15) is 4.79 Å². The van der Waals surface area contributed by atoms with Crippen molar-refractivity contribution in [3.63, 3.8) is 0 Å². The second kappa shape index (κ2) is 5.95. The number of halogens is 1. The highest BCUT2D eigenvalue weighted by Gasteiger charge is 2.41. The van der Waals surface area contributed by atoms with Crippen LogP contribution >= 0.6 is 11.6 Å². The molecule has 0 spiro atoms. The molecule has 7 heteroatoms. The Labute approximate surface area is 150 Å². The fourth-order valence-corrected chi connectivity index (χ4v) is 4.54. The van der Waals surface area contributed by atoms with E-state index < -0.39 is 0 Å². The Morgan fingerprint density at radius 2 is 2.16 bits per heavy atom. The van der Waals surface area contributed by atoms with E-state index in [1.165, 1.54) is 6.42 Å². The molecule has 3 atom stereocenters. The second-order valence-corrected chi connectivity index (χ2v) is 7.88. The average Bonchev–Trinajstić information content (AvgIpc) is 3.21. The fourth-order valence-electron chi connectivity index (χ4n) is 4.40. The van der Waals surface area contributed by atoms with Crippen LogP contribution in [0.4, 0.5) is 5.95 Å². The van der Waals surface area contributed by atoms with Gasteiger partial charge in [0.2, 0.25) is 11.9 Å². The number of pyridine rings is 1. The van der Waals surface area contributed by atoms with Crippen molar-refractivity contribution < 1.29 is 9.53 Å². The Hall–Kier alpha value is -1.66. The lowest BCUT2D eigenvalue weighted by Gasteiger charge is -2.28. The third kappa shape index (κ3) is 2.72. The number of hydrogen-bond acceptors (Lipinski definition) is 4. The van der Waals surface area contributed by atoms with Gasteiger partial charge >= 0.3 is 0 Å². The van der Waals surface area contributed by atoms with Crippen LogP contribution in [-0.2, 0) is 9.53 Å². The molecule has 2 aliphatic heterocycles. The van der Waals surface area contributed by atoms with Crippen molar-refractivity contribution in [2.75, 3.05) is 5.32 Å². The molecular weight excluding hydrogens is 340 g/mol. The summed E-state index contributed by atoms with van der Waals surface area (Å²) >= 11 is 6.07. The van der Waals surface area contributed by atoms with E-state index in [0.29, 0.717) is 35.6 Å². The average molecular weight is 361 g/mol. The van der Waals surface area contributed by atoms with Gasteiger partial charge in [-0.05, 0) is 56.6 Å². The molecule has 25 heavy (non-hydrogen) atoms. The summed E-state index contributed by atoms with van der Waals surface area (Å²) in [5.41, 5.74) is 1.53. The van der Waals surface area contributed by atoms with Crippen molar-refractivity contribution in [2.24, 2.45) is 5.92 Å². The molecule has 2 bridgehead atoms. The van der Waals surface area contributed by atoms with Crippen LogP contribution in [-0.4, -0.2) is 32.7 Å². The van der Waals surface area contributed by atoms with Crippen LogP contribution in [0.5, 0.6) is 0 Å². The highest BCUT2D eigenvalue weighted by atomic mass is 35.5. The van der Waals surface area contributed by atoms with E-state index >= 15 is 0 Å². The summed E-state index contributed by atoms with van der Waals surface area (Å²) in [6.45, 7) is 0. The summed E-state index contributed by atoms with van der Waals surface area (Å²) in [5.74, 6) is 0.958. The van der Waals surface area contributed by atoms with Crippen molar-refractivity contribution in [3.8, 4) is 0 Å². The number of anilines is 1. The van der Waals surface area contributed by atoms with Gasteiger partial charge in [0.25, 0.3) is 0 Å². The highest BCUT2D eigenvalue weighted by molar-refractivity contribution is 6.29. The molecule has 0 aromatic carbocycles. The molecule has 3 aliphatic rings. The van der Waals surface area contributed by atoms with Crippen LogP contribution in [0.1, 0.15) is 51.0 Å². The van der Waals surface area contributed by atoms with Crippen LogP contribution in [0.2, 0.25) is 5.15 Å². The van der Waals surface area contributed by atoms with Crippen LogP contribution in [0.25, 0.3) is 11.2 Å². The lowest BCUT2D eigenvalue weighted by atomic mass is 9.87. The van der Waals surface area contributed by atoms with Gasteiger partial charge in [0.15, 0.2) is 5.65 Å². The number of carbonyl (C=O) groups is 1. The lowest BCUT2D eigenvalue weighted by molar-refractivity contribution is -0.117. The van der Waals surface area contributed by atoms with Gasteiger partial charge in [-0.1, -0.05) is 11.6 Å². The summed E-state index contributed by atoms with van der Waals surface area (Å²) in [6.07, 6.45) is 7.75. The van der Waals surface area contributed by atoms with Gasteiger partial charge in [-0.15, -0.1) is 0 Å². The van der Waals surface area contributed by atoms with Gasteiger partial charge in [0.05, 0.1) is 12.2 Å². The van der Waals surface area contributed by atoms with Gasteiger partial charge in [-0.25, -0.2) is 9.97 Å². The molecule has 3 fully saturated rings. The first-order chi connectivity index (χ1) is 12.2. The summed E-state index contributed by atoms with van der Waals surface area (Å²) in [5, 5.41) is 3.48. The maximum Gasteiger partial charge on any atom is 0.227 e. The van der Waals surface area contributed by atoms with E-state index in [2.05, 4.69) is 19.9 Å². The molecule has 4 heterocycles. The summed E-state index contributed by atoms with van der Waals surface area (Å²) in [6, 6.07) is 3.94. The fraction of sp³-hybridized carbons (Fsp3) is 0.611. The molecule has 6 nitrogen and oxygen atoms in total. The molecule has 2 aromatic heterocycles. The minimum atomic E-state index is 0.0168. The number of ether oxygens (including phenoxy) is 1. The zero-order valence-corrected chi connectivity index (χ0v) is 14.7. The first kappa shape index (κ1) is 15.6. The van der Waals surface area contributed by atoms with Crippen LogP contribution in [0, 0.1) is 5.92 Å². The van der Waals surface area contributed by atoms with Gasteiger partial charge in [-0.2, -0.15) is 0 Å². The molecule has 132 valence electrons. The van der Waals surface area contributed by atoms with Crippen molar-refractivity contribution >= 4 is 34.6 Å². The van der Waals surface area contributed by atoms with Crippen molar-refractivity contribution in [1.29, 1.82) is 0 Å². The third-order valence-electron chi connectivity index (χ3n) is 5.87. The lowest BCUT2D eigenvalue weighted by Crippen LogP contribution is -2.26. The van der Waals surface area contributed by atoms with Crippen LogP contribution in [0.15, 0.2) is 12.1 Å². The monoisotopic (exact) mass is 360 g/mol. The third-order valence-corrected chi connectivity index (χ3v) is 6.08. The smallest absolute Gasteiger partial charge is 0.227 e. The quantitative estimate of drug-likeness (QED) is 0.844. The van der Waals surface area contributed by atoms with Gasteiger partial charge < -0.3 is 4.74 Å². The predicted molar refractivity (Wildman–Crippen MR) is 94.7 cm³/mol. The first-order valence-electron chi connectivity index (χ1n) is 9.17. The topological polar surface area (TPSA) is 69.0 Å². The second-order valence-electron chi connectivity index (χ2n) is 7.49. The number of imidazole rings is 1. The predicted octanol–water partition coefficient (Wildman–Crippen LogP) is 3.71. The Bertz CT molecular complexity index is 832. The van der Waals surface area contributed by atoms with E-state index in [1.807, 2.05) is 6.07 Å². The van der Waals surface area contributed by atoms with Crippen molar-refractivity contribution in [1.82, 2.24) is 14.5 Å². The Morgan fingerprint density at radius 3 is 2.84 bits per heavy atom. The number of carbonyl (C=O) groups excluding carboxylic acids is 1. The van der Waals surface area contributed by atoms with Crippen LogP contribution in [0.3, 0.4) is 0 Å². The standard InChI is InChI=1S/C18H21ClN4O2/c19-15-7-5-13-17(21-15)23(11-2-1-3-11)18(20-13)22-16(24)9-10-8-12-4-6-14(10)25-12/h5,7,10-12,14H,1-4,6,8-9H2,(H,20,22,24)/t10-,12-,14+/m0/s1. The molecule has 1 amide bonds. The summed E-state index contributed by atoms with van der Waals surface area (Å²) in [4.78, 5) is 21.6. The Morgan fingerprint density at radius 1 is 1.28 bits per heavy atom. The molecule has 0 unspecified atom stereocenters. The molecule has 1 aliphatic carbocycles. The van der Waals surface area contributed by atoms with Crippen molar-refractivity contribution in [2.45, 2.75) is 63.2 Å². The largest absolute Gasteiger partial charge is 0.375 e. The molecular formula is C18H21ClN4O2. The van der Waals surface area contributed by atoms with Gasteiger partial charge in [0.1, 0.15) is 10.7 Å². The number of amides is 1. The zero-order chi connectivity index (χ0) is 17.0. The van der Waals surface area contributed by atoms with E-state index in [4.69, 9.17) is 16.3 Å². The number of rotatable bonds is 4. The molecule has 2 aromatic rings. The molecule has 0 radical (unpaired) electrons. The first-order valence-corrected chi connectivity index (χ1v) is 9.55. The van der Waals surface area contributed by atoms with E-state index in [0.717, 1.165) is 43.3 Å².